The van der Waals surface area contributed by atoms with E-state index in [-0.39, 0.29) is 0 Å². The zero-order valence-electron chi connectivity index (χ0n) is 6.89. The van der Waals surface area contributed by atoms with Gasteiger partial charge < -0.3 is 5.32 Å². The molecule has 0 amide bonds. The summed E-state index contributed by atoms with van der Waals surface area (Å²) >= 11 is 2.85. The fraction of sp³-hybridized carbons (Fsp3) is 0.333. The van der Waals surface area contributed by atoms with Gasteiger partial charge in [0.25, 0.3) is 0 Å². The van der Waals surface area contributed by atoms with E-state index in [1.807, 2.05) is 12.4 Å². The first-order chi connectivity index (χ1) is 6.40. The second-order valence-electron chi connectivity index (χ2n) is 2.32. The van der Waals surface area contributed by atoms with E-state index in [9.17, 15) is 0 Å². The Labute approximate surface area is 83.0 Å². The third-order valence-corrected chi connectivity index (χ3v) is 2.82. The molecular weight excluding hydrogens is 206 g/mol. The second-order valence-corrected chi connectivity index (χ2v) is 3.99. The predicted molar refractivity (Wildman–Crippen MR) is 51.6 cm³/mol. The average Bonchev–Trinajstić information content (AvgIpc) is 2.70. The van der Waals surface area contributed by atoms with Crippen molar-refractivity contribution in [3.05, 3.63) is 10.4 Å². The Kier molecular flexibility index (Phi) is 2.57. The lowest BCUT2D eigenvalue weighted by molar-refractivity contribution is 0.794. The Balaban J connectivity index is 2.23. The highest BCUT2D eigenvalue weighted by Gasteiger charge is 2.07. The summed E-state index contributed by atoms with van der Waals surface area (Å²) in [5.74, 6) is 0. The summed E-state index contributed by atoms with van der Waals surface area (Å²) in [7, 11) is 1.88. The van der Waals surface area contributed by atoms with Gasteiger partial charge in [-0.3, -0.25) is 0 Å². The van der Waals surface area contributed by atoms with Gasteiger partial charge in [-0.2, -0.15) is 0 Å². The van der Waals surface area contributed by atoms with Gasteiger partial charge in [-0.05, 0) is 18.6 Å². The van der Waals surface area contributed by atoms with Crippen LogP contribution in [0, 0.1) is 0 Å². The van der Waals surface area contributed by atoms with Crippen molar-refractivity contribution in [3.8, 4) is 10.7 Å². The van der Waals surface area contributed by atoms with E-state index in [0.717, 1.165) is 22.3 Å². The van der Waals surface area contributed by atoms with Crippen LogP contribution in [0.4, 0.5) is 0 Å². The quantitative estimate of drug-likeness (QED) is 0.816. The minimum Gasteiger partial charge on any atom is -0.313 e. The van der Waals surface area contributed by atoms with Crippen molar-refractivity contribution >= 4 is 22.9 Å². The summed E-state index contributed by atoms with van der Waals surface area (Å²) in [6.07, 6.45) is 0. The van der Waals surface area contributed by atoms with Crippen LogP contribution in [0.15, 0.2) is 5.38 Å². The van der Waals surface area contributed by atoms with Crippen molar-refractivity contribution in [2.45, 2.75) is 6.54 Å². The largest absolute Gasteiger partial charge is 0.313 e. The first kappa shape index (κ1) is 8.67. The monoisotopic (exact) mass is 213 g/mol. The standard InChI is InChI=1S/C6H7N5S2/c1-7-2-5-9-10-6(13-5)4-3-12-11-8-4/h3,7H,2H2,1H3. The van der Waals surface area contributed by atoms with Crippen LogP contribution in [0.5, 0.6) is 0 Å². The molecule has 1 N–H and O–H groups in total. The normalized spacial score (nSPS) is 10.5. The van der Waals surface area contributed by atoms with Crippen molar-refractivity contribution in [1.82, 2.24) is 25.1 Å². The van der Waals surface area contributed by atoms with Gasteiger partial charge in [0.05, 0.1) is 0 Å². The summed E-state index contributed by atoms with van der Waals surface area (Å²) < 4.78 is 3.77. The van der Waals surface area contributed by atoms with E-state index in [1.54, 1.807) is 0 Å². The number of hydrogen-bond donors (Lipinski definition) is 1. The van der Waals surface area contributed by atoms with Crippen molar-refractivity contribution < 1.29 is 0 Å². The lowest BCUT2D eigenvalue weighted by atomic mass is 10.5. The topological polar surface area (TPSA) is 63.6 Å². The van der Waals surface area contributed by atoms with Crippen molar-refractivity contribution in [1.29, 1.82) is 0 Å². The summed E-state index contributed by atoms with van der Waals surface area (Å²) in [6, 6.07) is 0. The van der Waals surface area contributed by atoms with Crippen LogP contribution in [0.25, 0.3) is 10.7 Å². The van der Waals surface area contributed by atoms with E-state index in [1.165, 1.54) is 22.9 Å². The van der Waals surface area contributed by atoms with E-state index in [4.69, 9.17) is 0 Å². The molecule has 0 saturated heterocycles. The minimum atomic E-state index is 0.745. The van der Waals surface area contributed by atoms with Gasteiger partial charge in [0.2, 0.25) is 0 Å². The fourth-order valence-electron chi connectivity index (χ4n) is 0.838. The van der Waals surface area contributed by atoms with Crippen molar-refractivity contribution in [2.75, 3.05) is 7.05 Å². The van der Waals surface area contributed by atoms with Gasteiger partial charge in [-0.15, -0.1) is 15.3 Å². The second kappa shape index (κ2) is 3.86. The number of hydrogen-bond acceptors (Lipinski definition) is 7. The minimum absolute atomic E-state index is 0.745. The van der Waals surface area contributed by atoms with Crippen molar-refractivity contribution in [2.24, 2.45) is 0 Å². The zero-order chi connectivity index (χ0) is 9.10. The molecule has 7 heteroatoms. The molecule has 0 radical (unpaired) electrons. The van der Waals surface area contributed by atoms with Crippen LogP contribution in [-0.4, -0.2) is 26.8 Å². The Hall–Kier alpha value is -0.920. The molecule has 0 aliphatic heterocycles. The Morgan fingerprint density at radius 3 is 3.00 bits per heavy atom. The molecule has 13 heavy (non-hydrogen) atoms. The average molecular weight is 213 g/mol. The van der Waals surface area contributed by atoms with E-state index < -0.39 is 0 Å². The molecule has 68 valence electrons. The number of nitrogens with zero attached hydrogens (tertiary/aromatic N) is 4. The van der Waals surface area contributed by atoms with Gasteiger partial charge >= 0.3 is 0 Å². The maximum Gasteiger partial charge on any atom is 0.169 e. The molecule has 0 fully saturated rings. The van der Waals surface area contributed by atoms with Gasteiger partial charge in [-0.25, -0.2) is 0 Å². The van der Waals surface area contributed by atoms with E-state index in [0.29, 0.717) is 0 Å². The van der Waals surface area contributed by atoms with Crippen molar-refractivity contribution in [3.63, 3.8) is 0 Å². The molecule has 2 aromatic rings. The van der Waals surface area contributed by atoms with Crippen LogP contribution in [0.3, 0.4) is 0 Å². The van der Waals surface area contributed by atoms with Gasteiger partial charge in [0, 0.05) is 11.9 Å². The Bertz CT molecular complexity index is 368. The maximum absolute atomic E-state index is 4.01. The van der Waals surface area contributed by atoms with Gasteiger partial charge in [0.15, 0.2) is 5.01 Å². The summed E-state index contributed by atoms with van der Waals surface area (Å²) in [4.78, 5) is 0. The van der Waals surface area contributed by atoms with Crippen LogP contribution in [0.2, 0.25) is 0 Å². The summed E-state index contributed by atoms with van der Waals surface area (Å²) in [6.45, 7) is 0.745. The molecule has 0 bridgehead atoms. The number of aromatic nitrogens is 4. The molecule has 0 atom stereocenters. The van der Waals surface area contributed by atoms with Crippen LogP contribution >= 0.6 is 22.9 Å². The number of rotatable bonds is 3. The first-order valence-corrected chi connectivity index (χ1v) is 5.30. The molecule has 0 spiro atoms. The molecule has 0 aromatic carbocycles. The third-order valence-electron chi connectivity index (χ3n) is 1.37. The molecule has 5 nitrogen and oxygen atoms in total. The van der Waals surface area contributed by atoms with Gasteiger partial charge in [0.1, 0.15) is 10.7 Å². The Morgan fingerprint density at radius 2 is 2.31 bits per heavy atom. The van der Waals surface area contributed by atoms with Crippen LogP contribution in [0.1, 0.15) is 5.01 Å². The molecule has 2 rings (SSSR count). The summed E-state index contributed by atoms with van der Waals surface area (Å²) in [5.41, 5.74) is 0.810. The molecular formula is C6H7N5S2. The van der Waals surface area contributed by atoms with Crippen LogP contribution in [-0.2, 0) is 6.54 Å². The predicted octanol–water partition coefficient (Wildman–Crippen LogP) is 0.776. The molecule has 2 aromatic heterocycles. The highest BCUT2D eigenvalue weighted by atomic mass is 32.1. The molecule has 0 unspecified atom stereocenters. The van der Waals surface area contributed by atoms with E-state index >= 15 is 0 Å². The lowest BCUT2D eigenvalue weighted by Crippen LogP contribution is -2.04. The molecule has 0 saturated carbocycles. The zero-order valence-corrected chi connectivity index (χ0v) is 8.52. The third kappa shape index (κ3) is 1.87. The number of nitrogens with one attached hydrogen (secondary N) is 1. The van der Waals surface area contributed by atoms with E-state index in [2.05, 4.69) is 25.1 Å². The molecule has 0 aliphatic carbocycles. The van der Waals surface area contributed by atoms with Crippen LogP contribution < -0.4 is 5.32 Å². The maximum atomic E-state index is 4.01. The molecule has 2 heterocycles. The highest BCUT2D eigenvalue weighted by Crippen LogP contribution is 2.21. The SMILES string of the molecule is CNCc1nnc(-c2csnn2)s1. The lowest BCUT2D eigenvalue weighted by Gasteiger charge is -1.87. The Morgan fingerprint density at radius 1 is 1.38 bits per heavy atom. The fourth-order valence-corrected chi connectivity index (χ4v) is 2.16. The van der Waals surface area contributed by atoms with Gasteiger partial charge in [-0.1, -0.05) is 15.8 Å². The molecule has 0 aliphatic rings. The first-order valence-electron chi connectivity index (χ1n) is 3.64. The smallest absolute Gasteiger partial charge is 0.169 e. The highest BCUT2D eigenvalue weighted by molar-refractivity contribution is 7.14. The summed E-state index contributed by atoms with van der Waals surface area (Å²) in [5, 5.41) is 18.6.